The number of alkyl halides is 6. The molecule has 0 aliphatic carbocycles. The van der Waals surface area contributed by atoms with Crippen LogP contribution in [0, 0.1) is 0 Å². The largest absolute Gasteiger partial charge is 0.416 e. The second-order valence-electron chi connectivity index (χ2n) is 6.76. The van der Waals surface area contributed by atoms with E-state index >= 15 is 0 Å². The zero-order valence-electron chi connectivity index (χ0n) is 16.6. The molecule has 30 heavy (non-hydrogen) atoms. The Morgan fingerprint density at radius 3 is 2.57 bits per heavy atom. The summed E-state index contributed by atoms with van der Waals surface area (Å²) in [6, 6.07) is 4.98. The average Bonchev–Trinajstić information content (AvgIpc) is 2.63. The third-order valence-corrected chi connectivity index (χ3v) is 4.39. The van der Waals surface area contributed by atoms with E-state index in [4.69, 9.17) is 4.74 Å². The van der Waals surface area contributed by atoms with Crippen LogP contribution in [-0.4, -0.2) is 75.4 Å². The number of halogens is 7. The lowest BCUT2D eigenvalue weighted by Gasteiger charge is -2.35. The zero-order chi connectivity index (χ0) is 21.7. The molecule has 0 bridgehead atoms. The van der Waals surface area contributed by atoms with Gasteiger partial charge in [0.15, 0.2) is 5.96 Å². The van der Waals surface area contributed by atoms with Crippen LogP contribution in [0.2, 0.25) is 0 Å². The molecule has 5 nitrogen and oxygen atoms in total. The number of nitrogens with zero attached hydrogens (tertiary/aromatic N) is 3. The highest BCUT2D eigenvalue weighted by Gasteiger charge is 2.32. The summed E-state index contributed by atoms with van der Waals surface area (Å²) in [6.07, 6.45) is -9.28. The quantitative estimate of drug-likeness (QED) is 0.261. The third kappa shape index (κ3) is 8.46. The fourth-order valence-corrected chi connectivity index (χ4v) is 3.03. The van der Waals surface area contributed by atoms with Gasteiger partial charge in [-0.2, -0.15) is 26.3 Å². The highest BCUT2D eigenvalue weighted by atomic mass is 127. The second-order valence-corrected chi connectivity index (χ2v) is 6.76. The van der Waals surface area contributed by atoms with E-state index in [9.17, 15) is 26.3 Å². The van der Waals surface area contributed by atoms with E-state index in [1.54, 1.807) is 6.07 Å². The van der Waals surface area contributed by atoms with Gasteiger partial charge in [-0.25, -0.2) is 0 Å². The molecule has 12 heteroatoms. The maximum atomic E-state index is 12.9. The van der Waals surface area contributed by atoms with Crippen LogP contribution in [0.25, 0.3) is 0 Å². The lowest BCUT2D eigenvalue weighted by atomic mass is 10.0. The average molecular weight is 554 g/mol. The first kappa shape index (κ1) is 26.8. The standard InChI is InChI=1S/C18H24F6N4O.HI/c1-25-16(26-6-7-27(2)12-17(19,20)21)28-8-9-29-15(11-28)13-4-3-5-14(10-13)18(22,23)24;/h3-5,10,15H,6-9,11-12H2,1-2H3,(H,25,26);1H. The fraction of sp³-hybridized carbons (Fsp3) is 0.611. The molecule has 1 N–H and O–H groups in total. The molecule has 1 heterocycles. The Morgan fingerprint density at radius 2 is 1.97 bits per heavy atom. The molecule has 1 aliphatic rings. The highest BCUT2D eigenvalue weighted by molar-refractivity contribution is 14.0. The molecule has 0 amide bonds. The number of likely N-dealkylation sites (N-methyl/N-ethyl adjacent to an activating group) is 1. The van der Waals surface area contributed by atoms with Gasteiger partial charge in [-0.3, -0.25) is 9.89 Å². The number of morpholine rings is 1. The summed E-state index contributed by atoms with van der Waals surface area (Å²) in [6.45, 7) is 0.412. The molecule has 1 aromatic carbocycles. The molecule has 2 rings (SSSR count). The molecule has 1 aromatic rings. The van der Waals surface area contributed by atoms with E-state index in [1.807, 2.05) is 4.90 Å². The van der Waals surface area contributed by atoms with Crippen molar-refractivity contribution in [1.82, 2.24) is 15.1 Å². The van der Waals surface area contributed by atoms with Crippen molar-refractivity contribution < 1.29 is 31.1 Å². The number of benzene rings is 1. The van der Waals surface area contributed by atoms with Crippen LogP contribution in [0.15, 0.2) is 29.3 Å². The monoisotopic (exact) mass is 554 g/mol. The molecule has 0 spiro atoms. The lowest BCUT2D eigenvalue weighted by Crippen LogP contribution is -2.49. The SMILES string of the molecule is CN=C(NCCN(C)CC(F)(F)F)N1CCOC(c2cccc(C(F)(F)F)c2)C1.I. The van der Waals surface area contributed by atoms with E-state index in [0.29, 0.717) is 18.1 Å². The smallest absolute Gasteiger partial charge is 0.370 e. The van der Waals surface area contributed by atoms with E-state index in [1.165, 1.54) is 20.2 Å². The highest BCUT2D eigenvalue weighted by Crippen LogP contribution is 2.32. The minimum absolute atomic E-state index is 0. The number of ether oxygens (including phenoxy) is 1. The van der Waals surface area contributed by atoms with Crippen molar-refractivity contribution >= 4 is 29.9 Å². The summed E-state index contributed by atoms with van der Waals surface area (Å²) >= 11 is 0. The number of nitrogens with one attached hydrogen (secondary N) is 1. The lowest BCUT2D eigenvalue weighted by molar-refractivity contribution is -0.142. The Balaban J connectivity index is 0.00000450. The van der Waals surface area contributed by atoms with Gasteiger partial charge in [-0.15, -0.1) is 24.0 Å². The van der Waals surface area contributed by atoms with Crippen LogP contribution in [0.5, 0.6) is 0 Å². The van der Waals surface area contributed by atoms with Crippen molar-refractivity contribution in [3.63, 3.8) is 0 Å². The number of hydrogen-bond acceptors (Lipinski definition) is 3. The maximum absolute atomic E-state index is 12.9. The zero-order valence-corrected chi connectivity index (χ0v) is 18.9. The van der Waals surface area contributed by atoms with Gasteiger partial charge in [-0.1, -0.05) is 12.1 Å². The first-order valence-electron chi connectivity index (χ1n) is 8.99. The Hall–Kier alpha value is -1.28. The van der Waals surface area contributed by atoms with E-state index in [2.05, 4.69) is 10.3 Å². The van der Waals surface area contributed by atoms with Gasteiger partial charge in [0, 0.05) is 26.7 Å². The van der Waals surface area contributed by atoms with Crippen LogP contribution in [0.1, 0.15) is 17.2 Å². The summed E-state index contributed by atoms with van der Waals surface area (Å²) in [5.74, 6) is 0.464. The summed E-state index contributed by atoms with van der Waals surface area (Å²) in [4.78, 5) is 7.08. The van der Waals surface area contributed by atoms with Crippen LogP contribution < -0.4 is 5.32 Å². The van der Waals surface area contributed by atoms with E-state index < -0.39 is 30.6 Å². The van der Waals surface area contributed by atoms with Crippen LogP contribution >= 0.6 is 24.0 Å². The molecule has 1 saturated heterocycles. The van der Waals surface area contributed by atoms with Gasteiger partial charge in [0.05, 0.1) is 25.3 Å². The van der Waals surface area contributed by atoms with Gasteiger partial charge >= 0.3 is 12.4 Å². The topological polar surface area (TPSA) is 40.1 Å². The van der Waals surface area contributed by atoms with Crippen molar-refractivity contribution in [2.45, 2.75) is 18.5 Å². The second kappa shape index (κ2) is 11.4. The van der Waals surface area contributed by atoms with Crippen molar-refractivity contribution in [3.05, 3.63) is 35.4 Å². The van der Waals surface area contributed by atoms with Gasteiger partial charge in [0.1, 0.15) is 6.10 Å². The number of hydrogen-bond donors (Lipinski definition) is 1. The summed E-state index contributed by atoms with van der Waals surface area (Å²) in [5, 5.41) is 2.99. The number of guanidine groups is 1. The Labute approximate surface area is 188 Å². The van der Waals surface area contributed by atoms with E-state index in [-0.39, 0.29) is 50.2 Å². The Morgan fingerprint density at radius 1 is 1.27 bits per heavy atom. The normalized spacial score (nSPS) is 18.4. The van der Waals surface area contributed by atoms with Gasteiger partial charge in [-0.05, 0) is 24.7 Å². The van der Waals surface area contributed by atoms with Crippen LogP contribution in [0.4, 0.5) is 26.3 Å². The predicted molar refractivity (Wildman–Crippen MR) is 112 cm³/mol. The number of aliphatic imine (C=N–C) groups is 1. The van der Waals surface area contributed by atoms with Crippen LogP contribution in [-0.2, 0) is 10.9 Å². The molecule has 0 saturated carbocycles. The van der Waals surface area contributed by atoms with Crippen molar-refractivity contribution in [2.24, 2.45) is 4.99 Å². The van der Waals surface area contributed by atoms with Crippen molar-refractivity contribution in [2.75, 3.05) is 53.4 Å². The molecular weight excluding hydrogens is 529 g/mol. The summed E-state index contributed by atoms with van der Waals surface area (Å²) in [5.41, 5.74) is -0.337. The summed E-state index contributed by atoms with van der Waals surface area (Å²) in [7, 11) is 2.91. The minimum atomic E-state index is -4.44. The molecule has 1 aliphatic heterocycles. The molecular formula is C18H25F6IN4O. The van der Waals surface area contributed by atoms with Gasteiger partial charge < -0.3 is 15.0 Å². The minimum Gasteiger partial charge on any atom is -0.370 e. The Bertz CT molecular complexity index is 698. The van der Waals surface area contributed by atoms with Crippen molar-refractivity contribution in [1.29, 1.82) is 0 Å². The van der Waals surface area contributed by atoms with Crippen molar-refractivity contribution in [3.8, 4) is 0 Å². The molecule has 1 atom stereocenters. The van der Waals surface area contributed by atoms with Gasteiger partial charge in [0.2, 0.25) is 0 Å². The molecule has 1 unspecified atom stereocenters. The van der Waals surface area contributed by atoms with Crippen LogP contribution in [0.3, 0.4) is 0 Å². The van der Waals surface area contributed by atoms with E-state index in [0.717, 1.165) is 17.0 Å². The fourth-order valence-electron chi connectivity index (χ4n) is 3.03. The molecule has 0 aromatic heterocycles. The molecule has 172 valence electrons. The third-order valence-electron chi connectivity index (χ3n) is 4.39. The van der Waals surface area contributed by atoms with Gasteiger partial charge in [0.25, 0.3) is 0 Å². The summed E-state index contributed by atoms with van der Waals surface area (Å²) < 4.78 is 81.6. The predicted octanol–water partition coefficient (Wildman–Crippen LogP) is 3.77. The molecule has 1 fully saturated rings. The molecule has 0 radical (unpaired) electrons. The Kier molecular flexibility index (Phi) is 10.1. The first-order chi connectivity index (χ1) is 13.5. The first-order valence-corrected chi connectivity index (χ1v) is 8.99. The maximum Gasteiger partial charge on any atom is 0.416 e. The number of rotatable bonds is 5.